The van der Waals surface area contributed by atoms with Crippen LogP contribution in [0.5, 0.6) is 0 Å². The lowest BCUT2D eigenvalue weighted by molar-refractivity contribution is -0.161. The van der Waals surface area contributed by atoms with Gasteiger partial charge in [0, 0.05) is 0 Å². The van der Waals surface area contributed by atoms with Crippen LogP contribution in [-0.2, 0) is 4.79 Å². The van der Waals surface area contributed by atoms with Crippen molar-refractivity contribution in [1.82, 2.24) is 9.80 Å². The van der Waals surface area contributed by atoms with Gasteiger partial charge in [0.25, 0.3) is 11.8 Å². The summed E-state index contributed by atoms with van der Waals surface area (Å²) in [4.78, 5) is 40.3. The first kappa shape index (κ1) is 16.4. The molecule has 2 heterocycles. The van der Waals surface area contributed by atoms with Gasteiger partial charge in [0.2, 0.25) is 5.91 Å². The maximum absolute atomic E-state index is 13.8. The van der Waals surface area contributed by atoms with Crippen molar-refractivity contribution in [3.05, 3.63) is 71.3 Å². The number of nitrogens with zero attached hydrogens (tertiary/aromatic N) is 2. The van der Waals surface area contributed by atoms with Gasteiger partial charge in [-0.15, -0.1) is 0 Å². The number of halogens is 1. The van der Waals surface area contributed by atoms with E-state index in [0.29, 0.717) is 0 Å². The summed E-state index contributed by atoms with van der Waals surface area (Å²) in [5.41, 5.74) is 1.40. The molecule has 2 aromatic rings. The van der Waals surface area contributed by atoms with Crippen LogP contribution < -0.4 is 0 Å². The summed E-state index contributed by atoms with van der Waals surface area (Å²) < 4.78 is 13.8. The standard InChI is InChI=1S/C20H17FN2O3/c1-12(13-7-3-2-4-8-13)22-16(11-21)17(20(22)26)23-18(24)14-9-5-6-10-15(14)19(23)25/h2-10,12,16-17H,11H2,1H3/t12-,16-,17+/m1/s1. The van der Waals surface area contributed by atoms with E-state index in [0.717, 1.165) is 10.5 Å². The van der Waals surface area contributed by atoms with Crippen LogP contribution in [0.3, 0.4) is 0 Å². The Morgan fingerprint density at radius 3 is 2.00 bits per heavy atom. The predicted molar refractivity (Wildman–Crippen MR) is 92.2 cm³/mol. The predicted octanol–water partition coefficient (Wildman–Crippen LogP) is 2.59. The summed E-state index contributed by atoms with van der Waals surface area (Å²) in [7, 11) is 0. The molecule has 2 aliphatic heterocycles. The van der Waals surface area contributed by atoms with Gasteiger partial charge in [-0.1, -0.05) is 42.5 Å². The minimum atomic E-state index is -1.08. The first-order valence-corrected chi connectivity index (χ1v) is 8.46. The average molecular weight is 352 g/mol. The summed E-state index contributed by atoms with van der Waals surface area (Å²) in [6, 6.07) is 13.5. The number of fused-ring (bicyclic) bond motifs is 1. The van der Waals surface area contributed by atoms with Crippen LogP contribution in [0.1, 0.15) is 39.2 Å². The molecule has 0 saturated carbocycles. The van der Waals surface area contributed by atoms with Gasteiger partial charge >= 0.3 is 0 Å². The normalized spacial score (nSPS) is 23.1. The second-order valence-electron chi connectivity index (χ2n) is 6.52. The van der Waals surface area contributed by atoms with E-state index < -0.39 is 36.5 Å². The van der Waals surface area contributed by atoms with Gasteiger partial charge in [0.15, 0.2) is 0 Å². The molecule has 1 fully saturated rings. The summed E-state index contributed by atoms with van der Waals surface area (Å²) >= 11 is 0. The first-order valence-electron chi connectivity index (χ1n) is 8.46. The van der Waals surface area contributed by atoms with Crippen LogP contribution in [0.4, 0.5) is 4.39 Å². The van der Waals surface area contributed by atoms with Crippen LogP contribution in [-0.4, -0.2) is 46.3 Å². The van der Waals surface area contributed by atoms with Crippen molar-refractivity contribution in [3.8, 4) is 0 Å². The number of amides is 3. The van der Waals surface area contributed by atoms with Crippen molar-refractivity contribution in [2.75, 3.05) is 6.67 Å². The first-order chi connectivity index (χ1) is 12.6. The quantitative estimate of drug-likeness (QED) is 0.628. The van der Waals surface area contributed by atoms with Gasteiger partial charge in [0.1, 0.15) is 12.7 Å². The average Bonchev–Trinajstić information content (AvgIpc) is 2.92. The van der Waals surface area contributed by atoms with E-state index in [1.165, 1.54) is 4.90 Å². The van der Waals surface area contributed by atoms with Gasteiger partial charge in [-0.3, -0.25) is 19.3 Å². The van der Waals surface area contributed by atoms with E-state index in [4.69, 9.17) is 0 Å². The Hall–Kier alpha value is -3.02. The van der Waals surface area contributed by atoms with Crippen molar-refractivity contribution in [2.45, 2.75) is 25.0 Å². The fourth-order valence-corrected chi connectivity index (χ4v) is 3.82. The Balaban J connectivity index is 1.63. The fourth-order valence-electron chi connectivity index (χ4n) is 3.82. The third-order valence-corrected chi connectivity index (χ3v) is 5.19. The summed E-state index contributed by atoms with van der Waals surface area (Å²) in [6.07, 6.45) is 0. The monoisotopic (exact) mass is 352 g/mol. The molecule has 5 nitrogen and oxygen atoms in total. The number of benzene rings is 2. The molecule has 132 valence electrons. The Kier molecular flexibility index (Phi) is 3.83. The molecule has 0 radical (unpaired) electrons. The molecule has 0 unspecified atom stereocenters. The second kappa shape index (κ2) is 6.05. The molecule has 26 heavy (non-hydrogen) atoms. The van der Waals surface area contributed by atoms with Gasteiger partial charge in [0.05, 0.1) is 23.2 Å². The lowest BCUT2D eigenvalue weighted by atomic mass is 9.90. The smallest absolute Gasteiger partial charge is 0.262 e. The molecule has 0 spiro atoms. The maximum Gasteiger partial charge on any atom is 0.262 e. The Labute approximate surface area is 150 Å². The van der Waals surface area contributed by atoms with Crippen LogP contribution in [0.25, 0.3) is 0 Å². The molecular weight excluding hydrogens is 335 g/mol. The van der Waals surface area contributed by atoms with Gasteiger partial charge in [-0.25, -0.2) is 4.39 Å². The van der Waals surface area contributed by atoms with Crippen molar-refractivity contribution in [3.63, 3.8) is 0 Å². The molecule has 0 aromatic heterocycles. The molecular formula is C20H17FN2O3. The molecule has 4 rings (SSSR count). The molecule has 0 aliphatic carbocycles. The highest BCUT2D eigenvalue weighted by Crippen LogP contribution is 2.37. The number of carbonyl (C=O) groups excluding carboxylic acids is 3. The molecule has 0 N–H and O–H groups in total. The Morgan fingerprint density at radius 2 is 1.46 bits per heavy atom. The Morgan fingerprint density at radius 1 is 0.923 bits per heavy atom. The molecule has 2 aliphatic rings. The highest BCUT2D eigenvalue weighted by atomic mass is 19.1. The second-order valence-corrected chi connectivity index (χ2v) is 6.52. The number of alkyl halides is 1. The minimum absolute atomic E-state index is 0.262. The molecule has 3 atom stereocenters. The summed E-state index contributed by atoms with van der Waals surface area (Å²) in [5.74, 6) is -1.47. The third-order valence-electron chi connectivity index (χ3n) is 5.19. The summed E-state index contributed by atoms with van der Waals surface area (Å²) in [6.45, 7) is 0.996. The zero-order valence-electron chi connectivity index (χ0n) is 14.1. The number of likely N-dealkylation sites (tertiary alicyclic amines) is 1. The molecule has 1 saturated heterocycles. The van der Waals surface area contributed by atoms with Crippen LogP contribution >= 0.6 is 0 Å². The van der Waals surface area contributed by atoms with Crippen LogP contribution in [0.2, 0.25) is 0 Å². The van der Waals surface area contributed by atoms with E-state index in [1.807, 2.05) is 37.3 Å². The van der Waals surface area contributed by atoms with Crippen molar-refractivity contribution in [2.24, 2.45) is 0 Å². The zero-order chi connectivity index (χ0) is 18.4. The lowest BCUT2D eigenvalue weighted by Crippen LogP contribution is -2.72. The van der Waals surface area contributed by atoms with Gasteiger partial charge in [-0.2, -0.15) is 0 Å². The molecule has 2 aromatic carbocycles. The minimum Gasteiger partial charge on any atom is -0.326 e. The van der Waals surface area contributed by atoms with Gasteiger partial charge in [-0.05, 0) is 24.6 Å². The Bertz CT molecular complexity index is 864. The number of β-lactam (4-membered cyclic amide) rings is 1. The number of carbonyl (C=O) groups is 3. The van der Waals surface area contributed by atoms with E-state index >= 15 is 0 Å². The number of rotatable bonds is 4. The summed E-state index contributed by atoms with van der Waals surface area (Å²) in [5, 5.41) is 0. The largest absolute Gasteiger partial charge is 0.326 e. The van der Waals surface area contributed by atoms with E-state index in [2.05, 4.69) is 0 Å². The zero-order valence-corrected chi connectivity index (χ0v) is 14.1. The topological polar surface area (TPSA) is 57.7 Å². The third kappa shape index (κ3) is 2.18. The van der Waals surface area contributed by atoms with Crippen molar-refractivity contribution < 1.29 is 18.8 Å². The van der Waals surface area contributed by atoms with E-state index in [1.54, 1.807) is 24.3 Å². The fraction of sp³-hybridized carbons (Fsp3) is 0.250. The number of imide groups is 1. The maximum atomic E-state index is 13.8. The van der Waals surface area contributed by atoms with Gasteiger partial charge < -0.3 is 4.90 Å². The number of hydrogen-bond donors (Lipinski definition) is 0. The molecule has 6 heteroatoms. The van der Waals surface area contributed by atoms with E-state index in [-0.39, 0.29) is 17.2 Å². The number of hydrogen-bond acceptors (Lipinski definition) is 3. The van der Waals surface area contributed by atoms with E-state index in [9.17, 15) is 18.8 Å². The highest BCUT2D eigenvalue weighted by Gasteiger charge is 2.57. The van der Waals surface area contributed by atoms with Crippen LogP contribution in [0, 0.1) is 0 Å². The van der Waals surface area contributed by atoms with Crippen molar-refractivity contribution >= 4 is 17.7 Å². The van der Waals surface area contributed by atoms with Crippen LogP contribution in [0.15, 0.2) is 54.6 Å². The molecule has 3 amide bonds. The van der Waals surface area contributed by atoms with Crippen molar-refractivity contribution in [1.29, 1.82) is 0 Å². The highest BCUT2D eigenvalue weighted by molar-refractivity contribution is 6.23. The lowest BCUT2D eigenvalue weighted by Gasteiger charge is -2.51. The SMILES string of the molecule is C[C@H](c1ccccc1)N1C(=O)[C@@H](N2C(=O)c3ccccc3C2=O)[C@H]1CF. The molecule has 0 bridgehead atoms.